The van der Waals surface area contributed by atoms with Crippen LogP contribution in [-0.4, -0.2) is 16.7 Å². The second-order valence-electron chi connectivity index (χ2n) is 6.20. The summed E-state index contributed by atoms with van der Waals surface area (Å²) in [4.78, 5) is 0.719. The number of aromatic nitrogens is 2. The van der Waals surface area contributed by atoms with Gasteiger partial charge in [0.1, 0.15) is 10.7 Å². The maximum atomic E-state index is 6.32. The van der Waals surface area contributed by atoms with Crippen LogP contribution in [-0.2, 0) is 4.42 Å². The van der Waals surface area contributed by atoms with E-state index in [1.165, 1.54) is 11.3 Å². The lowest BCUT2D eigenvalue weighted by Crippen LogP contribution is -2.54. The molecule has 5 rings (SSSR count). The van der Waals surface area contributed by atoms with Crippen LogP contribution >= 0.6 is 34.5 Å². The second kappa shape index (κ2) is 6.74. The van der Waals surface area contributed by atoms with Gasteiger partial charge in [-0.2, -0.15) is 0 Å². The summed E-state index contributed by atoms with van der Waals surface area (Å²) in [5, 5.41) is 14.4. The molecule has 0 amide bonds. The number of hydrogen-bond donors (Lipinski definition) is 0. The number of benzene rings is 2. The van der Waals surface area contributed by atoms with E-state index in [2.05, 4.69) is 10.2 Å². The quantitative estimate of drug-likeness (QED) is 0.459. The van der Waals surface area contributed by atoms with E-state index >= 15 is 0 Å². The van der Waals surface area contributed by atoms with Crippen molar-refractivity contribution in [2.24, 2.45) is 10.2 Å². The fraction of sp³-hybridized carbons (Fsp3) is 0.0500. The molecule has 28 heavy (non-hydrogen) atoms. The van der Waals surface area contributed by atoms with E-state index in [4.69, 9.17) is 32.7 Å². The van der Waals surface area contributed by atoms with Gasteiger partial charge in [0.25, 0.3) is 0 Å². The Morgan fingerprint density at radius 2 is 1.86 bits per heavy atom. The Morgan fingerprint density at radius 1 is 1.04 bits per heavy atom. The van der Waals surface area contributed by atoms with Crippen molar-refractivity contribution in [3.8, 4) is 0 Å². The molecule has 5 nitrogen and oxygen atoms in total. The molecule has 0 saturated heterocycles. The maximum Gasteiger partial charge on any atom is 0.389 e. The highest BCUT2D eigenvalue weighted by atomic mass is 35.5. The Labute approximate surface area is 173 Å². The third-order valence-corrected chi connectivity index (χ3v) is 5.86. The lowest BCUT2D eigenvalue weighted by molar-refractivity contribution is -0.627. The molecule has 136 valence electrons. The van der Waals surface area contributed by atoms with Gasteiger partial charge in [-0.05, 0) is 41.7 Å². The molecule has 1 aromatic heterocycles. The Hall–Kier alpha value is -2.67. The van der Waals surface area contributed by atoms with E-state index in [-0.39, 0.29) is 0 Å². The molecule has 0 radical (unpaired) electrons. The zero-order chi connectivity index (χ0) is 19.3. The number of hydrogen-bond acceptors (Lipinski definition) is 4. The van der Waals surface area contributed by atoms with Gasteiger partial charge in [-0.25, -0.2) is 4.42 Å². The van der Waals surface area contributed by atoms with Gasteiger partial charge in [0.05, 0.1) is 34.3 Å². The highest BCUT2D eigenvalue weighted by molar-refractivity contribution is 7.06. The van der Waals surface area contributed by atoms with Crippen molar-refractivity contribution in [1.29, 1.82) is 0 Å². The standard InChI is InChI=1S/C20H12Cl2N4OS/c1-11-14(10-17(27-11)15-9-13(21)7-8-16(15)22)19-25-26-18(23-24-20(26)28-19)12-5-3-2-4-6-12/h2-10H,1H3/q+2. The summed E-state index contributed by atoms with van der Waals surface area (Å²) in [6.45, 7) is 1.90. The van der Waals surface area contributed by atoms with Gasteiger partial charge in [0.2, 0.25) is 0 Å². The van der Waals surface area contributed by atoms with Gasteiger partial charge < -0.3 is 0 Å². The first-order valence-corrected chi connectivity index (χ1v) is 10.0. The smallest absolute Gasteiger partial charge is 0.212 e. The minimum Gasteiger partial charge on any atom is -0.212 e. The number of allylic oxidation sites excluding steroid dienone is 1. The largest absolute Gasteiger partial charge is 0.389 e. The molecule has 0 aliphatic carbocycles. The number of halogens is 2. The Bertz CT molecular complexity index is 1340. The first kappa shape index (κ1) is 17.4. The molecule has 0 bridgehead atoms. The van der Waals surface area contributed by atoms with Crippen LogP contribution in [0.2, 0.25) is 10.0 Å². The zero-order valence-corrected chi connectivity index (χ0v) is 16.9. The van der Waals surface area contributed by atoms with Crippen LogP contribution < -0.4 is 14.1 Å². The fourth-order valence-electron chi connectivity index (χ4n) is 3.01. The van der Waals surface area contributed by atoms with E-state index in [1.54, 1.807) is 22.9 Å². The molecule has 0 saturated carbocycles. The van der Waals surface area contributed by atoms with E-state index < -0.39 is 0 Å². The normalized spacial score (nSPS) is 17.0. The lowest BCUT2D eigenvalue weighted by atomic mass is 10.1. The maximum absolute atomic E-state index is 6.32. The summed E-state index contributed by atoms with van der Waals surface area (Å²) < 4.78 is 8.51. The van der Waals surface area contributed by atoms with Crippen molar-refractivity contribution in [2.45, 2.75) is 6.92 Å². The SMILES string of the molecule is CC1=[O+]C(c2cc(Cl)ccc2Cl)=CC1=c1n[n+]2c(s1)=NN=C2c1ccccc1. The van der Waals surface area contributed by atoms with Crippen molar-refractivity contribution >= 4 is 57.5 Å². The molecule has 3 aromatic rings. The van der Waals surface area contributed by atoms with Gasteiger partial charge in [0.15, 0.2) is 4.66 Å². The van der Waals surface area contributed by atoms with Gasteiger partial charge in [0, 0.05) is 5.02 Å². The summed E-state index contributed by atoms with van der Waals surface area (Å²) in [6, 6.07) is 15.2. The Kier molecular flexibility index (Phi) is 4.19. The van der Waals surface area contributed by atoms with Crippen LogP contribution in [0.1, 0.15) is 18.1 Å². The molecule has 0 unspecified atom stereocenters. The van der Waals surface area contributed by atoms with Crippen molar-refractivity contribution in [1.82, 2.24) is 5.10 Å². The van der Waals surface area contributed by atoms with Crippen molar-refractivity contribution in [3.63, 3.8) is 0 Å². The molecule has 0 spiro atoms. The molecule has 3 heterocycles. The zero-order valence-electron chi connectivity index (χ0n) is 14.6. The molecule has 2 aromatic carbocycles. The number of ketones is 1. The molecule has 2 aliphatic rings. The van der Waals surface area contributed by atoms with Crippen LogP contribution in [0.25, 0.3) is 11.3 Å². The van der Waals surface area contributed by atoms with Crippen molar-refractivity contribution in [3.05, 3.63) is 85.2 Å². The third kappa shape index (κ3) is 2.90. The number of carbonyl (C=O) groups excluding carboxylic acids is 1. The number of fused-ring (bicyclic) bond motifs is 1. The van der Waals surface area contributed by atoms with E-state index in [1.807, 2.05) is 43.3 Å². The van der Waals surface area contributed by atoms with E-state index in [0.717, 1.165) is 31.9 Å². The molecule has 0 N–H and O–H groups in total. The molecule has 0 fully saturated rings. The lowest BCUT2D eigenvalue weighted by Gasteiger charge is -1.96. The average molecular weight is 427 g/mol. The Balaban J connectivity index is 1.62. The van der Waals surface area contributed by atoms with Crippen LogP contribution in [0.3, 0.4) is 0 Å². The highest BCUT2D eigenvalue weighted by Gasteiger charge is 2.32. The summed E-state index contributed by atoms with van der Waals surface area (Å²) in [5.74, 6) is 2.10. The monoisotopic (exact) mass is 426 g/mol. The first-order valence-electron chi connectivity index (χ1n) is 8.44. The van der Waals surface area contributed by atoms with Crippen molar-refractivity contribution in [2.75, 3.05) is 0 Å². The topological polar surface area (TPSA) is 52.8 Å². The number of nitrogens with zero attached hydrogens (tertiary/aromatic N) is 4. The van der Waals surface area contributed by atoms with Crippen LogP contribution in [0, 0.1) is 0 Å². The predicted molar refractivity (Wildman–Crippen MR) is 110 cm³/mol. The predicted octanol–water partition coefficient (Wildman–Crippen LogP) is 2.91. The molecular formula is C20H12Cl2N4OS+2. The van der Waals surface area contributed by atoms with E-state index in [9.17, 15) is 0 Å². The molecule has 2 aliphatic heterocycles. The fourth-order valence-corrected chi connectivity index (χ4v) is 4.29. The summed E-state index contributed by atoms with van der Waals surface area (Å²) >= 11 is 13.9. The van der Waals surface area contributed by atoms with Gasteiger partial charge in [-0.3, -0.25) is 0 Å². The minimum absolute atomic E-state index is 0.578. The summed E-state index contributed by atoms with van der Waals surface area (Å²) in [7, 11) is 0. The Morgan fingerprint density at radius 3 is 2.68 bits per heavy atom. The highest BCUT2D eigenvalue weighted by Crippen LogP contribution is 2.30. The van der Waals surface area contributed by atoms with Gasteiger partial charge >= 0.3 is 22.2 Å². The summed E-state index contributed by atoms with van der Waals surface area (Å²) in [6.07, 6.45) is 1.93. The second-order valence-corrected chi connectivity index (χ2v) is 8.00. The number of rotatable bonds is 2. The van der Waals surface area contributed by atoms with E-state index in [0.29, 0.717) is 21.6 Å². The van der Waals surface area contributed by atoms with Gasteiger partial charge in [-0.1, -0.05) is 51.2 Å². The van der Waals surface area contributed by atoms with Crippen LogP contribution in [0.5, 0.6) is 0 Å². The first-order chi connectivity index (χ1) is 13.6. The molecule has 8 heteroatoms. The molecular weight excluding hydrogens is 415 g/mol. The minimum atomic E-state index is 0.578. The molecule has 0 atom stereocenters. The average Bonchev–Trinajstić information content (AvgIpc) is 3.38. The van der Waals surface area contributed by atoms with Gasteiger partial charge in [-0.15, -0.1) is 0 Å². The van der Waals surface area contributed by atoms with Crippen LogP contribution in [0.4, 0.5) is 0 Å². The third-order valence-electron chi connectivity index (χ3n) is 4.36. The summed E-state index contributed by atoms with van der Waals surface area (Å²) in [5.41, 5.74) is 2.60. The van der Waals surface area contributed by atoms with Crippen molar-refractivity contribution < 1.29 is 9.11 Å². The van der Waals surface area contributed by atoms with Crippen LogP contribution in [0.15, 0.2) is 64.8 Å².